The highest BCUT2D eigenvalue weighted by molar-refractivity contribution is 7.98. The van der Waals surface area contributed by atoms with Gasteiger partial charge in [0, 0.05) is 18.5 Å². The quantitative estimate of drug-likeness (QED) is 0.451. The van der Waals surface area contributed by atoms with E-state index in [9.17, 15) is 9.59 Å². The van der Waals surface area contributed by atoms with Crippen molar-refractivity contribution < 1.29 is 14.3 Å². The van der Waals surface area contributed by atoms with Crippen LogP contribution in [0.25, 0.3) is 10.8 Å². The van der Waals surface area contributed by atoms with Gasteiger partial charge >= 0.3 is 0 Å². The van der Waals surface area contributed by atoms with Crippen molar-refractivity contribution in [2.45, 2.75) is 11.4 Å². The minimum absolute atomic E-state index is 0.113. The zero-order valence-corrected chi connectivity index (χ0v) is 16.2. The van der Waals surface area contributed by atoms with Gasteiger partial charge in [0.25, 0.3) is 5.91 Å². The first kappa shape index (κ1) is 19.0. The average molecular weight is 379 g/mol. The van der Waals surface area contributed by atoms with E-state index in [1.807, 2.05) is 60.9 Å². The van der Waals surface area contributed by atoms with Crippen molar-refractivity contribution in [2.75, 3.05) is 19.9 Å². The monoisotopic (exact) mass is 379 g/mol. The summed E-state index contributed by atoms with van der Waals surface area (Å²) in [6, 6.07) is 19.3. The lowest BCUT2D eigenvalue weighted by molar-refractivity contribution is -0.132. The number of rotatable bonds is 7. The Morgan fingerprint density at radius 1 is 1.07 bits per heavy atom. The summed E-state index contributed by atoms with van der Waals surface area (Å²) in [6.45, 7) is 0.397. The summed E-state index contributed by atoms with van der Waals surface area (Å²) in [6.07, 6.45) is 2.81. The number of amides is 1. The Balaban J connectivity index is 1.66. The van der Waals surface area contributed by atoms with Crippen LogP contribution in [-0.4, -0.2) is 37.0 Å². The van der Waals surface area contributed by atoms with E-state index in [1.54, 1.807) is 29.8 Å². The Morgan fingerprint density at radius 2 is 1.81 bits per heavy atom. The molecule has 0 fully saturated rings. The number of hydrogen-bond donors (Lipinski definition) is 0. The van der Waals surface area contributed by atoms with Gasteiger partial charge in [-0.1, -0.05) is 42.5 Å². The number of ether oxygens (including phenoxy) is 1. The summed E-state index contributed by atoms with van der Waals surface area (Å²) >= 11 is 1.68. The second-order valence-electron chi connectivity index (χ2n) is 6.20. The van der Waals surface area contributed by atoms with Gasteiger partial charge in [-0.3, -0.25) is 9.59 Å². The topological polar surface area (TPSA) is 46.6 Å². The Morgan fingerprint density at radius 3 is 2.52 bits per heavy atom. The first-order chi connectivity index (χ1) is 13.1. The molecule has 0 heterocycles. The number of carbonyl (C=O) groups excluding carboxylic acids is 2. The Labute approximate surface area is 163 Å². The number of fused-ring (bicyclic) bond motifs is 1. The van der Waals surface area contributed by atoms with E-state index in [2.05, 4.69) is 0 Å². The van der Waals surface area contributed by atoms with Crippen LogP contribution in [0.5, 0.6) is 5.75 Å². The number of thioether (sulfide) groups is 1. The van der Waals surface area contributed by atoms with Crippen LogP contribution in [0.1, 0.15) is 15.9 Å². The standard InChI is InChI=1S/C22H21NO3S/c1-23(13-16-7-10-18(27-2)11-8-16)22(25)15-26-21-12-9-17-5-3-4-6-19(17)20(21)14-24/h3-12,14H,13,15H2,1-2H3. The molecule has 138 valence electrons. The third kappa shape index (κ3) is 4.49. The molecule has 0 aliphatic heterocycles. The third-order valence-electron chi connectivity index (χ3n) is 4.40. The molecule has 0 radical (unpaired) electrons. The smallest absolute Gasteiger partial charge is 0.260 e. The molecule has 1 amide bonds. The van der Waals surface area contributed by atoms with Gasteiger partial charge in [0.2, 0.25) is 0 Å². The lowest BCUT2D eigenvalue weighted by atomic mass is 10.0. The maximum atomic E-state index is 12.4. The fraction of sp³-hybridized carbons (Fsp3) is 0.182. The van der Waals surface area contributed by atoms with Gasteiger partial charge in [0.15, 0.2) is 12.9 Å². The average Bonchev–Trinajstić information content (AvgIpc) is 2.71. The molecule has 3 rings (SSSR count). The van der Waals surface area contributed by atoms with E-state index < -0.39 is 0 Å². The number of benzene rings is 3. The summed E-state index contributed by atoms with van der Waals surface area (Å²) in [5.74, 6) is 0.281. The van der Waals surface area contributed by atoms with Gasteiger partial charge in [-0.15, -0.1) is 11.8 Å². The summed E-state index contributed by atoms with van der Waals surface area (Å²) < 4.78 is 5.67. The second-order valence-corrected chi connectivity index (χ2v) is 7.08. The fourth-order valence-corrected chi connectivity index (χ4v) is 3.27. The van der Waals surface area contributed by atoms with Crippen LogP contribution >= 0.6 is 11.8 Å². The van der Waals surface area contributed by atoms with Gasteiger partial charge in [0.1, 0.15) is 5.75 Å². The van der Waals surface area contributed by atoms with Crippen molar-refractivity contribution in [1.29, 1.82) is 0 Å². The van der Waals surface area contributed by atoms with Crippen molar-refractivity contribution in [2.24, 2.45) is 0 Å². The van der Waals surface area contributed by atoms with E-state index in [4.69, 9.17) is 4.74 Å². The van der Waals surface area contributed by atoms with Gasteiger partial charge in [-0.05, 0) is 40.8 Å². The summed E-state index contributed by atoms with van der Waals surface area (Å²) in [4.78, 5) is 26.8. The summed E-state index contributed by atoms with van der Waals surface area (Å²) in [5, 5.41) is 1.78. The minimum atomic E-state index is -0.144. The maximum Gasteiger partial charge on any atom is 0.260 e. The molecule has 0 saturated carbocycles. The molecule has 0 saturated heterocycles. The normalized spacial score (nSPS) is 10.6. The molecule has 0 bridgehead atoms. The molecule has 0 unspecified atom stereocenters. The van der Waals surface area contributed by atoms with Crippen LogP contribution in [0.15, 0.2) is 65.6 Å². The van der Waals surface area contributed by atoms with E-state index >= 15 is 0 Å². The van der Waals surface area contributed by atoms with Crippen LogP contribution < -0.4 is 4.74 Å². The molecule has 0 aliphatic carbocycles. The minimum Gasteiger partial charge on any atom is -0.483 e. The van der Waals surface area contributed by atoms with Gasteiger partial charge in [-0.25, -0.2) is 0 Å². The van der Waals surface area contributed by atoms with Gasteiger partial charge in [0.05, 0.1) is 5.56 Å². The zero-order chi connectivity index (χ0) is 19.2. The predicted octanol–water partition coefficient (Wildman–Crippen LogP) is 4.41. The maximum absolute atomic E-state index is 12.4. The molecule has 3 aromatic rings. The zero-order valence-electron chi connectivity index (χ0n) is 15.3. The Kier molecular flexibility index (Phi) is 6.14. The summed E-state index contributed by atoms with van der Waals surface area (Å²) in [5.41, 5.74) is 1.53. The molecule has 0 aliphatic rings. The van der Waals surface area contributed by atoms with E-state index in [-0.39, 0.29) is 12.5 Å². The molecule has 0 atom stereocenters. The molecule has 0 N–H and O–H groups in total. The number of aldehydes is 1. The molecule has 0 spiro atoms. The third-order valence-corrected chi connectivity index (χ3v) is 5.15. The molecule has 4 nitrogen and oxygen atoms in total. The molecular formula is C22H21NO3S. The van der Waals surface area contributed by atoms with Crippen molar-refractivity contribution in [3.63, 3.8) is 0 Å². The van der Waals surface area contributed by atoms with Gasteiger partial charge in [-0.2, -0.15) is 0 Å². The fourth-order valence-electron chi connectivity index (χ4n) is 2.87. The van der Waals surface area contributed by atoms with Crippen LogP contribution in [-0.2, 0) is 11.3 Å². The van der Waals surface area contributed by atoms with E-state index in [1.165, 1.54) is 4.90 Å². The Hall–Kier alpha value is -2.79. The molecule has 3 aromatic carbocycles. The van der Waals surface area contributed by atoms with Crippen LogP contribution in [0.2, 0.25) is 0 Å². The van der Waals surface area contributed by atoms with Crippen molar-refractivity contribution in [1.82, 2.24) is 4.90 Å². The van der Waals surface area contributed by atoms with Crippen LogP contribution in [0.3, 0.4) is 0 Å². The van der Waals surface area contributed by atoms with Gasteiger partial charge < -0.3 is 9.64 Å². The number of likely N-dealkylation sites (N-methyl/N-ethyl adjacent to an activating group) is 1. The number of carbonyl (C=O) groups is 2. The Bertz CT molecular complexity index is 953. The molecule has 27 heavy (non-hydrogen) atoms. The first-order valence-corrected chi connectivity index (χ1v) is 9.81. The highest BCUT2D eigenvalue weighted by Crippen LogP contribution is 2.26. The van der Waals surface area contributed by atoms with E-state index in [0.29, 0.717) is 17.9 Å². The van der Waals surface area contributed by atoms with Crippen molar-refractivity contribution >= 4 is 34.7 Å². The van der Waals surface area contributed by atoms with E-state index in [0.717, 1.165) is 22.6 Å². The summed E-state index contributed by atoms with van der Waals surface area (Å²) in [7, 11) is 1.75. The highest BCUT2D eigenvalue weighted by Gasteiger charge is 2.13. The molecule has 5 heteroatoms. The molecular weight excluding hydrogens is 358 g/mol. The number of hydrogen-bond acceptors (Lipinski definition) is 4. The predicted molar refractivity (Wildman–Crippen MR) is 110 cm³/mol. The lowest BCUT2D eigenvalue weighted by Crippen LogP contribution is -2.31. The number of nitrogens with zero attached hydrogens (tertiary/aromatic N) is 1. The SMILES string of the molecule is CSc1ccc(CN(C)C(=O)COc2ccc3ccccc3c2C=O)cc1. The largest absolute Gasteiger partial charge is 0.483 e. The van der Waals surface area contributed by atoms with Crippen molar-refractivity contribution in [3.8, 4) is 5.75 Å². The van der Waals surface area contributed by atoms with Crippen LogP contribution in [0, 0.1) is 0 Å². The van der Waals surface area contributed by atoms with Crippen LogP contribution in [0.4, 0.5) is 0 Å². The van der Waals surface area contributed by atoms with Crippen molar-refractivity contribution in [3.05, 3.63) is 71.8 Å². The lowest BCUT2D eigenvalue weighted by Gasteiger charge is -2.18. The first-order valence-electron chi connectivity index (χ1n) is 8.59. The second kappa shape index (κ2) is 8.73. The highest BCUT2D eigenvalue weighted by atomic mass is 32.2. The molecule has 0 aromatic heterocycles.